The van der Waals surface area contributed by atoms with Crippen LogP contribution in [0.1, 0.15) is 12.0 Å². The first kappa shape index (κ1) is 18.0. The Labute approximate surface area is 135 Å². The summed E-state index contributed by atoms with van der Waals surface area (Å²) in [4.78, 5) is 28.3. The van der Waals surface area contributed by atoms with Gasteiger partial charge in [0, 0.05) is 26.4 Å². The summed E-state index contributed by atoms with van der Waals surface area (Å²) in [5, 5.41) is 11.6. The van der Waals surface area contributed by atoms with Gasteiger partial charge in [0.1, 0.15) is 5.41 Å². The number of alkyl halides is 3. The second-order valence-corrected chi connectivity index (χ2v) is 5.58. The molecular formula is C14H16F3N3O4. The molecule has 1 aromatic rings. The number of rotatable bonds is 4. The fourth-order valence-electron chi connectivity index (χ4n) is 2.54. The third kappa shape index (κ3) is 3.75. The van der Waals surface area contributed by atoms with Crippen LogP contribution in [0.15, 0.2) is 18.5 Å². The minimum absolute atomic E-state index is 0.0583. The van der Waals surface area contributed by atoms with E-state index in [9.17, 15) is 27.9 Å². The van der Waals surface area contributed by atoms with Crippen molar-refractivity contribution in [2.24, 2.45) is 5.41 Å². The number of aromatic nitrogens is 1. The summed E-state index contributed by atoms with van der Waals surface area (Å²) in [6.07, 6.45) is -2.63. The van der Waals surface area contributed by atoms with Crippen LogP contribution in [0.25, 0.3) is 0 Å². The highest BCUT2D eigenvalue weighted by atomic mass is 19.4. The summed E-state index contributed by atoms with van der Waals surface area (Å²) in [5.74, 6) is -1.08. The van der Waals surface area contributed by atoms with E-state index in [2.05, 4.69) is 10.3 Å². The second kappa shape index (κ2) is 6.63. The predicted octanol–water partition coefficient (Wildman–Crippen LogP) is 2.06. The van der Waals surface area contributed by atoms with Crippen LogP contribution in [-0.2, 0) is 15.7 Å². The summed E-state index contributed by atoms with van der Waals surface area (Å²) in [7, 11) is 1.36. The van der Waals surface area contributed by atoms with Gasteiger partial charge < -0.3 is 20.1 Å². The van der Waals surface area contributed by atoms with Crippen molar-refractivity contribution in [2.45, 2.75) is 12.6 Å². The van der Waals surface area contributed by atoms with E-state index in [1.54, 1.807) is 0 Å². The number of nitrogens with zero attached hydrogens (tertiary/aromatic N) is 2. The Balaban J connectivity index is 2.08. The number of carbonyl (C=O) groups excluding carboxylic acids is 1. The minimum atomic E-state index is -4.57. The first-order chi connectivity index (χ1) is 11.2. The molecule has 0 spiro atoms. The number of hydrogen-bond acceptors (Lipinski definition) is 4. The van der Waals surface area contributed by atoms with E-state index in [0.717, 1.165) is 12.3 Å². The fraction of sp³-hybridized carbons (Fsp3) is 0.500. The third-order valence-electron chi connectivity index (χ3n) is 3.83. The van der Waals surface area contributed by atoms with Crippen LogP contribution in [0.3, 0.4) is 0 Å². The van der Waals surface area contributed by atoms with E-state index >= 15 is 0 Å². The molecule has 24 heavy (non-hydrogen) atoms. The van der Waals surface area contributed by atoms with Crippen LogP contribution in [0.2, 0.25) is 0 Å². The Bertz CT molecular complexity index is 638. The van der Waals surface area contributed by atoms with E-state index in [1.807, 2.05) is 0 Å². The van der Waals surface area contributed by atoms with Crippen LogP contribution < -0.4 is 5.32 Å². The molecule has 0 aliphatic carbocycles. The van der Waals surface area contributed by atoms with Crippen molar-refractivity contribution >= 4 is 17.7 Å². The first-order valence-electron chi connectivity index (χ1n) is 6.98. The summed E-state index contributed by atoms with van der Waals surface area (Å²) in [6, 6.07) is 0.0796. The predicted molar refractivity (Wildman–Crippen MR) is 76.4 cm³/mol. The maximum Gasteiger partial charge on any atom is 0.417 e. The monoisotopic (exact) mass is 347 g/mol. The molecule has 1 aliphatic heterocycles. The molecule has 0 aromatic carbocycles. The van der Waals surface area contributed by atoms with Crippen molar-refractivity contribution in [2.75, 3.05) is 32.1 Å². The molecule has 7 nitrogen and oxygen atoms in total. The number of methoxy groups -OCH3 is 1. The lowest BCUT2D eigenvalue weighted by Crippen LogP contribution is -2.41. The number of carboxylic acids is 1. The lowest BCUT2D eigenvalue weighted by Gasteiger charge is -2.24. The topological polar surface area (TPSA) is 91.8 Å². The fourth-order valence-corrected chi connectivity index (χ4v) is 2.54. The molecule has 1 saturated heterocycles. The van der Waals surface area contributed by atoms with Gasteiger partial charge in [-0.3, -0.25) is 9.78 Å². The number of ether oxygens (including phenoxy) is 1. The second-order valence-electron chi connectivity index (χ2n) is 5.58. The molecule has 132 valence electrons. The zero-order valence-electron chi connectivity index (χ0n) is 12.8. The van der Waals surface area contributed by atoms with Crippen LogP contribution in [0, 0.1) is 5.41 Å². The normalized spacial score (nSPS) is 20.9. The van der Waals surface area contributed by atoms with Gasteiger partial charge in [0.05, 0.1) is 24.1 Å². The number of amides is 2. The molecule has 1 aromatic heterocycles. The van der Waals surface area contributed by atoms with E-state index in [1.165, 1.54) is 12.0 Å². The van der Waals surface area contributed by atoms with Gasteiger partial charge in [0.15, 0.2) is 0 Å². The van der Waals surface area contributed by atoms with Gasteiger partial charge in [-0.15, -0.1) is 0 Å². The Morgan fingerprint density at radius 2 is 2.17 bits per heavy atom. The number of carbonyl (C=O) groups is 2. The molecule has 2 amide bonds. The van der Waals surface area contributed by atoms with Gasteiger partial charge in [-0.05, 0) is 12.5 Å². The average molecular weight is 347 g/mol. The van der Waals surface area contributed by atoms with Gasteiger partial charge in [-0.2, -0.15) is 13.2 Å². The average Bonchev–Trinajstić information content (AvgIpc) is 2.93. The number of hydrogen-bond donors (Lipinski definition) is 2. The largest absolute Gasteiger partial charge is 0.481 e. The molecule has 1 atom stereocenters. The molecular weight excluding hydrogens is 331 g/mol. The summed E-state index contributed by atoms with van der Waals surface area (Å²) >= 11 is 0. The van der Waals surface area contributed by atoms with Crippen molar-refractivity contribution < 1.29 is 32.6 Å². The summed E-state index contributed by atoms with van der Waals surface area (Å²) in [5.41, 5.74) is -2.31. The molecule has 0 saturated carbocycles. The van der Waals surface area contributed by atoms with E-state index < -0.39 is 29.2 Å². The zero-order valence-corrected chi connectivity index (χ0v) is 12.8. The number of pyridine rings is 1. The SMILES string of the molecule is COCC1(C(=O)O)CCN(C(=O)Nc2cncc(C(F)(F)F)c2)C1. The number of urea groups is 1. The highest BCUT2D eigenvalue weighted by Gasteiger charge is 2.46. The number of halogens is 3. The van der Waals surface area contributed by atoms with Crippen LogP contribution in [0.5, 0.6) is 0 Å². The van der Waals surface area contributed by atoms with Crippen LogP contribution >= 0.6 is 0 Å². The Morgan fingerprint density at radius 1 is 1.46 bits per heavy atom. The Hall–Kier alpha value is -2.36. The van der Waals surface area contributed by atoms with E-state index in [0.29, 0.717) is 6.20 Å². The van der Waals surface area contributed by atoms with Gasteiger partial charge in [-0.1, -0.05) is 0 Å². The lowest BCUT2D eigenvalue weighted by molar-refractivity contribution is -0.151. The number of aliphatic carboxylic acids is 1. The van der Waals surface area contributed by atoms with Gasteiger partial charge in [0.25, 0.3) is 0 Å². The number of likely N-dealkylation sites (tertiary alicyclic amines) is 1. The van der Waals surface area contributed by atoms with Crippen molar-refractivity contribution in [1.82, 2.24) is 9.88 Å². The van der Waals surface area contributed by atoms with Crippen molar-refractivity contribution in [3.05, 3.63) is 24.0 Å². The molecule has 2 heterocycles. The molecule has 0 bridgehead atoms. The molecule has 10 heteroatoms. The maximum atomic E-state index is 12.6. The quantitative estimate of drug-likeness (QED) is 0.870. The molecule has 1 aliphatic rings. The molecule has 2 N–H and O–H groups in total. The number of nitrogens with one attached hydrogen (secondary N) is 1. The van der Waals surface area contributed by atoms with Crippen molar-refractivity contribution in [3.8, 4) is 0 Å². The zero-order chi connectivity index (χ0) is 18.0. The first-order valence-corrected chi connectivity index (χ1v) is 6.98. The summed E-state index contributed by atoms with van der Waals surface area (Å²) < 4.78 is 42.8. The summed E-state index contributed by atoms with van der Waals surface area (Å²) in [6.45, 7) is 0.0134. The highest BCUT2D eigenvalue weighted by molar-refractivity contribution is 5.90. The Kier molecular flexibility index (Phi) is 4.97. The minimum Gasteiger partial charge on any atom is -0.481 e. The molecule has 1 unspecified atom stereocenters. The molecule has 0 radical (unpaired) electrons. The van der Waals surface area contributed by atoms with Crippen LogP contribution in [-0.4, -0.2) is 53.8 Å². The molecule has 1 fully saturated rings. The van der Waals surface area contributed by atoms with Crippen molar-refractivity contribution in [1.29, 1.82) is 0 Å². The lowest BCUT2D eigenvalue weighted by atomic mass is 9.88. The molecule has 2 rings (SSSR count). The number of carboxylic acid groups (broad SMARTS) is 1. The van der Waals surface area contributed by atoms with Gasteiger partial charge in [0.2, 0.25) is 0 Å². The van der Waals surface area contributed by atoms with Crippen LogP contribution in [0.4, 0.5) is 23.7 Å². The van der Waals surface area contributed by atoms with E-state index in [4.69, 9.17) is 4.74 Å². The maximum absolute atomic E-state index is 12.6. The standard InChI is InChI=1S/C14H16F3N3O4/c1-24-8-13(11(21)22)2-3-20(7-13)12(23)19-10-4-9(5-18-6-10)14(15,16)17/h4-6H,2-3,7-8H2,1H3,(H,19,23)(H,21,22). The van der Waals surface area contributed by atoms with E-state index in [-0.39, 0.29) is 31.8 Å². The van der Waals surface area contributed by atoms with Gasteiger partial charge in [-0.25, -0.2) is 4.79 Å². The third-order valence-corrected chi connectivity index (χ3v) is 3.83. The van der Waals surface area contributed by atoms with Crippen molar-refractivity contribution in [3.63, 3.8) is 0 Å². The Morgan fingerprint density at radius 3 is 2.75 bits per heavy atom. The number of anilines is 1. The van der Waals surface area contributed by atoms with Gasteiger partial charge >= 0.3 is 18.2 Å². The highest BCUT2D eigenvalue weighted by Crippen LogP contribution is 2.32. The smallest absolute Gasteiger partial charge is 0.417 e.